The predicted molar refractivity (Wildman–Crippen MR) is 55.0 cm³/mol. The smallest absolute Gasteiger partial charge is 0.425 e. The van der Waals surface area contributed by atoms with E-state index in [9.17, 15) is 18.0 Å². The summed E-state index contributed by atoms with van der Waals surface area (Å²) in [5.74, 6) is -1.25. The number of carbonyl (C=O) groups is 1. The lowest BCUT2D eigenvalue weighted by molar-refractivity contribution is -0.137. The molecule has 18 heavy (non-hydrogen) atoms. The van der Waals surface area contributed by atoms with Crippen molar-refractivity contribution in [1.29, 1.82) is 5.26 Å². The molecular weight excluding hydrogens is 271 g/mol. The summed E-state index contributed by atoms with van der Waals surface area (Å²) < 4.78 is 38.5. The first-order valence-electron chi connectivity index (χ1n) is 4.52. The standard InChI is InChI=1S/C9H4F3N3O2S/c10-9(11,12)6-1-5-8(18-6)4(2-13)14-15(5)3-7(16)17/h1H,3H2,(H,16,17). The molecule has 0 fully saturated rings. The molecule has 0 saturated heterocycles. The number of nitriles is 1. The fourth-order valence-electron chi connectivity index (χ4n) is 1.42. The fraction of sp³-hybridized carbons (Fsp3) is 0.222. The van der Waals surface area contributed by atoms with Gasteiger partial charge in [0, 0.05) is 0 Å². The Hall–Kier alpha value is -2.08. The molecule has 0 aliphatic heterocycles. The zero-order valence-electron chi connectivity index (χ0n) is 8.52. The van der Waals surface area contributed by atoms with Gasteiger partial charge in [-0.15, -0.1) is 11.3 Å². The molecule has 0 unspecified atom stereocenters. The van der Waals surface area contributed by atoms with Gasteiger partial charge >= 0.3 is 12.1 Å². The third-order valence-corrected chi connectivity index (χ3v) is 3.27. The first-order valence-corrected chi connectivity index (χ1v) is 5.34. The summed E-state index contributed by atoms with van der Waals surface area (Å²) >= 11 is 0.380. The Bertz CT molecular complexity index is 665. The quantitative estimate of drug-likeness (QED) is 0.910. The topological polar surface area (TPSA) is 78.9 Å². The number of hydrogen-bond donors (Lipinski definition) is 1. The predicted octanol–water partition coefficient (Wildman–Crippen LogP) is 2.07. The van der Waals surface area contributed by atoms with Crippen molar-refractivity contribution < 1.29 is 23.1 Å². The van der Waals surface area contributed by atoms with Gasteiger partial charge in [-0.05, 0) is 6.07 Å². The number of rotatable bonds is 2. The van der Waals surface area contributed by atoms with Crippen LogP contribution < -0.4 is 0 Å². The van der Waals surface area contributed by atoms with Crippen LogP contribution in [0, 0.1) is 11.3 Å². The normalized spacial score (nSPS) is 11.7. The zero-order chi connectivity index (χ0) is 13.5. The van der Waals surface area contributed by atoms with Crippen LogP contribution in [-0.2, 0) is 17.5 Å². The van der Waals surface area contributed by atoms with Crippen LogP contribution in [0.2, 0.25) is 0 Å². The molecule has 2 aromatic heterocycles. The van der Waals surface area contributed by atoms with Crippen LogP contribution in [0.4, 0.5) is 13.2 Å². The summed E-state index contributed by atoms with van der Waals surface area (Å²) in [4.78, 5) is 9.67. The van der Waals surface area contributed by atoms with Gasteiger partial charge in [-0.2, -0.15) is 23.5 Å². The molecule has 2 heterocycles. The van der Waals surface area contributed by atoms with Crippen molar-refractivity contribution in [2.45, 2.75) is 12.7 Å². The number of halogens is 3. The van der Waals surface area contributed by atoms with Gasteiger partial charge in [0.05, 0.1) is 10.2 Å². The number of aliphatic carboxylic acids is 1. The van der Waals surface area contributed by atoms with E-state index in [1.807, 2.05) is 0 Å². The Morgan fingerprint density at radius 1 is 1.61 bits per heavy atom. The molecule has 0 atom stereocenters. The molecule has 1 N–H and O–H groups in total. The third kappa shape index (κ3) is 2.02. The van der Waals surface area contributed by atoms with Crippen molar-refractivity contribution in [2.24, 2.45) is 0 Å². The molecular formula is C9H4F3N3O2S. The number of carboxylic acid groups (broad SMARTS) is 1. The van der Waals surface area contributed by atoms with Gasteiger partial charge < -0.3 is 5.11 Å². The molecule has 5 nitrogen and oxygen atoms in total. The summed E-state index contributed by atoms with van der Waals surface area (Å²) in [7, 11) is 0. The van der Waals surface area contributed by atoms with Gasteiger partial charge in [-0.1, -0.05) is 0 Å². The highest BCUT2D eigenvalue weighted by Crippen LogP contribution is 2.39. The highest BCUT2D eigenvalue weighted by Gasteiger charge is 2.34. The van der Waals surface area contributed by atoms with Gasteiger partial charge in [0.25, 0.3) is 0 Å². The number of fused-ring (bicyclic) bond motifs is 1. The first-order chi connectivity index (χ1) is 8.32. The number of thiophene rings is 1. The van der Waals surface area contributed by atoms with E-state index in [2.05, 4.69) is 5.10 Å². The van der Waals surface area contributed by atoms with Crippen LogP contribution in [-0.4, -0.2) is 20.9 Å². The summed E-state index contributed by atoms with van der Waals surface area (Å²) in [5, 5.41) is 21.0. The molecule has 94 valence electrons. The molecule has 9 heteroatoms. The van der Waals surface area contributed by atoms with Crippen molar-refractivity contribution >= 4 is 27.5 Å². The van der Waals surface area contributed by atoms with Crippen LogP contribution in [0.25, 0.3) is 10.2 Å². The maximum Gasteiger partial charge on any atom is 0.425 e. The van der Waals surface area contributed by atoms with Crippen LogP contribution in [0.3, 0.4) is 0 Å². The lowest BCUT2D eigenvalue weighted by atomic mass is 10.3. The van der Waals surface area contributed by atoms with Gasteiger partial charge in [-0.25, -0.2) is 0 Å². The second-order valence-electron chi connectivity index (χ2n) is 3.33. The monoisotopic (exact) mass is 275 g/mol. The maximum atomic E-state index is 12.5. The van der Waals surface area contributed by atoms with E-state index in [0.717, 1.165) is 10.7 Å². The SMILES string of the molecule is N#Cc1nn(CC(=O)O)c2cc(C(F)(F)F)sc12. The highest BCUT2D eigenvalue weighted by atomic mass is 32.1. The molecule has 0 bridgehead atoms. The number of nitrogens with zero attached hydrogens (tertiary/aromatic N) is 3. The van der Waals surface area contributed by atoms with E-state index >= 15 is 0 Å². The largest absolute Gasteiger partial charge is 0.480 e. The molecule has 0 radical (unpaired) electrons. The summed E-state index contributed by atoms with van der Waals surface area (Å²) in [5.41, 5.74) is -0.196. The Kier molecular flexibility index (Phi) is 2.74. The molecule has 0 aromatic carbocycles. The minimum absolute atomic E-state index is 0.00581. The average Bonchev–Trinajstić information content (AvgIpc) is 2.77. The van der Waals surface area contributed by atoms with Crippen LogP contribution in [0.1, 0.15) is 10.6 Å². The summed E-state index contributed by atoms with van der Waals surface area (Å²) in [6.45, 7) is -0.591. The second-order valence-corrected chi connectivity index (χ2v) is 4.39. The average molecular weight is 275 g/mol. The van der Waals surface area contributed by atoms with Gasteiger partial charge in [0.2, 0.25) is 0 Å². The highest BCUT2D eigenvalue weighted by molar-refractivity contribution is 7.19. The molecule has 0 amide bonds. The van der Waals surface area contributed by atoms with Crippen molar-refractivity contribution in [1.82, 2.24) is 9.78 Å². The van der Waals surface area contributed by atoms with E-state index in [-0.39, 0.29) is 15.9 Å². The molecule has 2 aromatic rings. The lowest BCUT2D eigenvalue weighted by Gasteiger charge is -2.01. The Morgan fingerprint density at radius 2 is 2.28 bits per heavy atom. The van der Waals surface area contributed by atoms with Crippen molar-refractivity contribution in [2.75, 3.05) is 0 Å². The molecule has 0 saturated carbocycles. The van der Waals surface area contributed by atoms with Gasteiger partial charge in [-0.3, -0.25) is 9.48 Å². The second kappa shape index (κ2) is 3.99. The van der Waals surface area contributed by atoms with E-state index in [4.69, 9.17) is 10.4 Å². The Labute approximate surface area is 102 Å². The van der Waals surface area contributed by atoms with Crippen LogP contribution in [0.15, 0.2) is 6.07 Å². The number of aromatic nitrogens is 2. The Balaban J connectivity index is 2.64. The van der Waals surface area contributed by atoms with E-state index in [1.165, 1.54) is 0 Å². The van der Waals surface area contributed by atoms with Crippen molar-refractivity contribution in [3.63, 3.8) is 0 Å². The van der Waals surface area contributed by atoms with Gasteiger partial charge in [0.15, 0.2) is 5.69 Å². The maximum absolute atomic E-state index is 12.5. The molecule has 0 aliphatic carbocycles. The van der Waals surface area contributed by atoms with E-state index < -0.39 is 23.6 Å². The van der Waals surface area contributed by atoms with Crippen LogP contribution >= 0.6 is 11.3 Å². The Morgan fingerprint density at radius 3 is 2.78 bits per heavy atom. The van der Waals surface area contributed by atoms with Gasteiger partial charge in [0.1, 0.15) is 17.5 Å². The van der Waals surface area contributed by atoms with Crippen molar-refractivity contribution in [3.05, 3.63) is 16.6 Å². The van der Waals surface area contributed by atoms with E-state index in [0.29, 0.717) is 11.3 Å². The first kappa shape index (κ1) is 12.4. The molecule has 0 aliphatic rings. The number of alkyl halides is 3. The molecule has 0 spiro atoms. The fourth-order valence-corrected chi connectivity index (χ4v) is 2.38. The number of carboxylic acids is 1. The minimum Gasteiger partial charge on any atom is -0.480 e. The summed E-state index contributed by atoms with van der Waals surface area (Å²) in [6, 6.07) is 2.45. The zero-order valence-corrected chi connectivity index (χ0v) is 9.34. The lowest BCUT2D eigenvalue weighted by Crippen LogP contribution is -2.10. The number of hydrogen-bond acceptors (Lipinski definition) is 4. The molecule has 2 rings (SSSR count). The third-order valence-electron chi connectivity index (χ3n) is 2.10. The van der Waals surface area contributed by atoms with E-state index in [1.54, 1.807) is 6.07 Å². The van der Waals surface area contributed by atoms with Crippen LogP contribution in [0.5, 0.6) is 0 Å². The minimum atomic E-state index is -4.52. The van der Waals surface area contributed by atoms with Crippen molar-refractivity contribution in [3.8, 4) is 6.07 Å². The summed E-state index contributed by atoms with van der Waals surface area (Å²) in [6.07, 6.45) is -4.52.